The Labute approximate surface area is 153 Å². The number of ether oxygens (including phenoxy) is 1. The van der Waals surface area contributed by atoms with Crippen LogP contribution in [0, 0.1) is 17.0 Å². The van der Waals surface area contributed by atoms with Crippen LogP contribution in [0.25, 0.3) is 11.4 Å². The van der Waals surface area contributed by atoms with Crippen molar-refractivity contribution in [3.63, 3.8) is 0 Å². The number of carbonyl (C=O) groups excluding carboxylic acids is 1. The Morgan fingerprint density at radius 2 is 2.11 bits per heavy atom. The number of rotatable bonds is 6. The van der Waals surface area contributed by atoms with Crippen molar-refractivity contribution in [2.75, 3.05) is 12.4 Å². The molecule has 0 fully saturated rings. The number of nitrogens with one attached hydrogen (secondary N) is 1. The molecule has 0 saturated heterocycles. The average molecular weight is 368 g/mol. The number of benzene rings is 2. The summed E-state index contributed by atoms with van der Waals surface area (Å²) in [7, 11) is 1.55. The summed E-state index contributed by atoms with van der Waals surface area (Å²) in [6.07, 6.45) is 0. The second kappa shape index (κ2) is 7.60. The summed E-state index contributed by atoms with van der Waals surface area (Å²) >= 11 is 0. The van der Waals surface area contributed by atoms with Crippen LogP contribution in [-0.2, 0) is 11.3 Å². The van der Waals surface area contributed by atoms with Gasteiger partial charge in [-0.3, -0.25) is 14.9 Å². The van der Waals surface area contributed by atoms with Crippen LogP contribution >= 0.6 is 0 Å². The third-order valence-corrected chi connectivity index (χ3v) is 3.69. The Bertz CT molecular complexity index is 1000. The van der Waals surface area contributed by atoms with Crippen LogP contribution in [0.2, 0.25) is 0 Å². The minimum atomic E-state index is -0.544. The monoisotopic (exact) mass is 368 g/mol. The van der Waals surface area contributed by atoms with Gasteiger partial charge >= 0.3 is 0 Å². The number of aryl methyl sites for hydroxylation is 1. The zero-order valence-electron chi connectivity index (χ0n) is 14.6. The van der Waals surface area contributed by atoms with E-state index < -0.39 is 10.8 Å². The molecule has 0 radical (unpaired) electrons. The van der Waals surface area contributed by atoms with Crippen molar-refractivity contribution >= 4 is 17.3 Å². The van der Waals surface area contributed by atoms with Gasteiger partial charge in [0.1, 0.15) is 18.0 Å². The van der Waals surface area contributed by atoms with E-state index in [1.54, 1.807) is 44.4 Å². The van der Waals surface area contributed by atoms with Gasteiger partial charge in [0.05, 0.1) is 12.0 Å². The molecule has 0 bridgehead atoms. The molecular formula is C17H16N6O4. The minimum Gasteiger partial charge on any atom is -0.497 e. The van der Waals surface area contributed by atoms with E-state index in [0.717, 1.165) is 10.4 Å². The van der Waals surface area contributed by atoms with Crippen molar-refractivity contribution in [2.45, 2.75) is 13.5 Å². The zero-order chi connectivity index (χ0) is 19.4. The molecule has 0 aliphatic rings. The summed E-state index contributed by atoms with van der Waals surface area (Å²) in [5.74, 6) is 0.479. The van der Waals surface area contributed by atoms with Crippen molar-refractivity contribution in [2.24, 2.45) is 0 Å². The Kier molecular flexibility index (Phi) is 5.06. The first-order valence-corrected chi connectivity index (χ1v) is 7.93. The average Bonchev–Trinajstić information content (AvgIpc) is 3.11. The van der Waals surface area contributed by atoms with Gasteiger partial charge in [-0.2, -0.15) is 4.80 Å². The number of carbonyl (C=O) groups is 1. The molecule has 1 heterocycles. The van der Waals surface area contributed by atoms with Gasteiger partial charge < -0.3 is 10.1 Å². The summed E-state index contributed by atoms with van der Waals surface area (Å²) in [5.41, 5.74) is 1.35. The van der Waals surface area contributed by atoms with Crippen molar-refractivity contribution in [3.05, 3.63) is 58.1 Å². The number of nitrogens with zero attached hydrogens (tertiary/aromatic N) is 5. The number of hydrogen-bond donors (Lipinski definition) is 1. The van der Waals surface area contributed by atoms with Gasteiger partial charge in [0.25, 0.3) is 5.69 Å². The van der Waals surface area contributed by atoms with E-state index in [1.807, 2.05) is 0 Å². The molecule has 2 aromatic carbocycles. The van der Waals surface area contributed by atoms with E-state index in [1.165, 1.54) is 12.1 Å². The Balaban J connectivity index is 1.72. The molecule has 1 aromatic heterocycles. The fourth-order valence-electron chi connectivity index (χ4n) is 2.40. The van der Waals surface area contributed by atoms with Gasteiger partial charge in [-0.25, -0.2) is 0 Å². The van der Waals surface area contributed by atoms with E-state index >= 15 is 0 Å². The number of aromatic nitrogens is 4. The highest BCUT2D eigenvalue weighted by atomic mass is 16.6. The lowest BCUT2D eigenvalue weighted by Gasteiger charge is -2.06. The normalized spacial score (nSPS) is 10.4. The maximum atomic E-state index is 12.2. The molecule has 10 nitrogen and oxygen atoms in total. The van der Waals surface area contributed by atoms with Gasteiger partial charge in [-0.05, 0) is 35.9 Å². The van der Waals surface area contributed by atoms with Crippen LogP contribution in [0.1, 0.15) is 5.56 Å². The molecule has 1 amide bonds. The molecule has 10 heteroatoms. The first-order valence-electron chi connectivity index (χ1n) is 7.93. The predicted molar refractivity (Wildman–Crippen MR) is 96.3 cm³/mol. The van der Waals surface area contributed by atoms with E-state index in [9.17, 15) is 14.9 Å². The molecule has 0 saturated carbocycles. The summed E-state index contributed by atoms with van der Waals surface area (Å²) in [6, 6.07) is 11.7. The summed E-state index contributed by atoms with van der Waals surface area (Å²) in [5, 5.41) is 25.5. The molecule has 138 valence electrons. The van der Waals surface area contributed by atoms with Gasteiger partial charge in [0.15, 0.2) is 0 Å². The fourth-order valence-corrected chi connectivity index (χ4v) is 2.40. The molecule has 0 aliphatic carbocycles. The van der Waals surface area contributed by atoms with Gasteiger partial charge in [0, 0.05) is 11.6 Å². The largest absolute Gasteiger partial charge is 0.497 e. The molecule has 0 unspecified atom stereocenters. The summed E-state index contributed by atoms with van der Waals surface area (Å²) < 4.78 is 5.15. The van der Waals surface area contributed by atoms with Crippen molar-refractivity contribution in [1.29, 1.82) is 0 Å². The maximum Gasteiger partial charge on any atom is 0.293 e. The second-order valence-corrected chi connectivity index (χ2v) is 5.70. The molecule has 3 aromatic rings. The number of amides is 1. The molecular weight excluding hydrogens is 352 g/mol. The first kappa shape index (κ1) is 18.0. The Morgan fingerprint density at radius 3 is 2.85 bits per heavy atom. The lowest BCUT2D eigenvalue weighted by atomic mass is 10.2. The quantitative estimate of drug-likeness (QED) is 0.522. The number of methoxy groups -OCH3 is 1. The molecule has 1 N–H and O–H groups in total. The predicted octanol–water partition coefficient (Wildman–Crippen LogP) is 2.20. The van der Waals surface area contributed by atoms with Crippen molar-refractivity contribution < 1.29 is 14.5 Å². The van der Waals surface area contributed by atoms with E-state index in [-0.39, 0.29) is 17.9 Å². The number of nitro groups is 1. The topological polar surface area (TPSA) is 125 Å². The molecule has 0 spiro atoms. The van der Waals surface area contributed by atoms with Crippen LogP contribution in [0.5, 0.6) is 5.75 Å². The SMILES string of the molecule is COc1cccc(-c2nnn(CC(=O)Nc3ccc(C)cc3[N+](=O)[O-])n2)c1. The third-order valence-electron chi connectivity index (χ3n) is 3.69. The van der Waals surface area contributed by atoms with Crippen LogP contribution < -0.4 is 10.1 Å². The highest BCUT2D eigenvalue weighted by molar-refractivity contribution is 5.92. The molecule has 0 atom stereocenters. The van der Waals surface area contributed by atoms with Crippen LogP contribution in [0.15, 0.2) is 42.5 Å². The van der Waals surface area contributed by atoms with Crippen molar-refractivity contribution in [3.8, 4) is 17.1 Å². The maximum absolute atomic E-state index is 12.2. The molecule has 3 rings (SSSR count). The second-order valence-electron chi connectivity index (χ2n) is 5.70. The first-order chi connectivity index (χ1) is 13.0. The lowest BCUT2D eigenvalue weighted by Crippen LogP contribution is -2.21. The zero-order valence-corrected chi connectivity index (χ0v) is 14.6. The van der Waals surface area contributed by atoms with Crippen LogP contribution in [-0.4, -0.2) is 38.1 Å². The fraction of sp³-hybridized carbons (Fsp3) is 0.176. The Hall–Kier alpha value is -3.82. The van der Waals surface area contributed by atoms with Gasteiger partial charge in [0.2, 0.25) is 11.7 Å². The van der Waals surface area contributed by atoms with Crippen LogP contribution in [0.4, 0.5) is 11.4 Å². The summed E-state index contributed by atoms with van der Waals surface area (Å²) in [6.45, 7) is 1.50. The lowest BCUT2D eigenvalue weighted by molar-refractivity contribution is -0.384. The van der Waals surface area contributed by atoms with E-state index in [2.05, 4.69) is 20.7 Å². The highest BCUT2D eigenvalue weighted by Crippen LogP contribution is 2.25. The third kappa shape index (κ3) is 4.24. The molecule has 27 heavy (non-hydrogen) atoms. The smallest absolute Gasteiger partial charge is 0.293 e. The van der Waals surface area contributed by atoms with Crippen molar-refractivity contribution in [1.82, 2.24) is 20.2 Å². The van der Waals surface area contributed by atoms with E-state index in [0.29, 0.717) is 17.1 Å². The van der Waals surface area contributed by atoms with E-state index in [4.69, 9.17) is 4.74 Å². The number of hydrogen-bond acceptors (Lipinski definition) is 7. The number of tetrazole rings is 1. The Morgan fingerprint density at radius 1 is 1.30 bits per heavy atom. The molecule has 0 aliphatic heterocycles. The number of anilines is 1. The number of nitro benzene ring substituents is 1. The van der Waals surface area contributed by atoms with Gasteiger partial charge in [-0.1, -0.05) is 18.2 Å². The minimum absolute atomic E-state index is 0.115. The standard InChI is InChI=1S/C17H16N6O4/c1-11-6-7-14(15(8-11)23(25)26)18-16(24)10-22-20-17(19-21-22)12-4-3-5-13(9-12)27-2/h3-9H,10H2,1-2H3,(H,18,24). The van der Waals surface area contributed by atoms with Gasteiger partial charge in [-0.15, -0.1) is 10.2 Å². The highest BCUT2D eigenvalue weighted by Gasteiger charge is 2.17. The summed E-state index contributed by atoms with van der Waals surface area (Å²) in [4.78, 5) is 23.9. The van der Waals surface area contributed by atoms with Crippen LogP contribution in [0.3, 0.4) is 0 Å².